The molecule has 0 fully saturated rings. The van der Waals surface area contributed by atoms with Gasteiger partial charge >= 0.3 is 0 Å². The van der Waals surface area contributed by atoms with E-state index < -0.39 is 0 Å². The lowest BCUT2D eigenvalue weighted by Gasteiger charge is -1.07. The fourth-order valence-corrected chi connectivity index (χ4v) is 0. The largest absolute Gasteiger partial charge is 0.412 e. The summed E-state index contributed by atoms with van der Waals surface area (Å²) < 4.78 is 0. The highest BCUT2D eigenvalue weighted by molar-refractivity contribution is 5.85. The summed E-state index contributed by atoms with van der Waals surface area (Å²) in [5.41, 5.74) is 0. The van der Waals surface area contributed by atoms with Crippen molar-refractivity contribution in [3.05, 3.63) is 0 Å². The molecule has 0 rings (SSSR count). The molecule has 2 nitrogen and oxygen atoms in total. The summed E-state index contributed by atoms with van der Waals surface area (Å²) in [6, 6.07) is 0. The van der Waals surface area contributed by atoms with Gasteiger partial charge in [0.2, 0.25) is 0 Å². The Morgan fingerprint density at radius 3 is 0.667 bits per heavy atom. The third kappa shape index (κ3) is 221. The van der Waals surface area contributed by atoms with Crippen molar-refractivity contribution in [2.24, 2.45) is 0 Å². The number of rotatable bonds is 0. The molecule has 0 amide bonds. The summed E-state index contributed by atoms with van der Waals surface area (Å²) in [6.07, 6.45) is 0. The van der Waals surface area contributed by atoms with Crippen LogP contribution in [0.4, 0.5) is 0 Å². The Balaban J connectivity index is -0.000000000833. The fraction of sp³-hybridized carbons (Fsp3) is 1.00. The van der Waals surface area contributed by atoms with Crippen LogP contribution in [0.3, 0.4) is 0 Å². The minimum atomic E-state index is 0. The van der Waals surface area contributed by atoms with Crippen LogP contribution >= 0.6 is 24.8 Å². The van der Waals surface area contributed by atoms with Gasteiger partial charge in [0.05, 0.1) is 0 Å². The molecule has 0 aromatic heterocycles. The van der Waals surface area contributed by atoms with Crippen molar-refractivity contribution in [3.63, 3.8) is 0 Å². The van der Waals surface area contributed by atoms with Crippen LogP contribution in [0.15, 0.2) is 0 Å². The van der Waals surface area contributed by atoms with E-state index in [4.69, 9.17) is 0 Å². The van der Waals surface area contributed by atoms with E-state index in [1.54, 1.807) is 0 Å². The fourth-order valence-electron chi connectivity index (χ4n) is 0. The van der Waals surface area contributed by atoms with Gasteiger partial charge in [0.15, 0.2) is 0 Å². The third-order valence-electron chi connectivity index (χ3n) is 0. The van der Waals surface area contributed by atoms with E-state index in [1.165, 1.54) is 0 Å². The van der Waals surface area contributed by atoms with Crippen molar-refractivity contribution in [1.29, 1.82) is 0 Å². The predicted molar refractivity (Wildman–Crippen MR) is 33.1 cm³/mol. The maximum absolute atomic E-state index is 2.00. The Bertz CT molecular complexity index is 9.51. The standard InChI is InChI=1S/C2H6.2ClH.2H2O/c1-2;;;;/h1-2H3;2*1H;2*1H2. The molecule has 0 aliphatic heterocycles. The molecule has 0 aromatic rings. The van der Waals surface area contributed by atoms with Gasteiger partial charge in [-0.1, -0.05) is 13.8 Å². The van der Waals surface area contributed by atoms with Crippen molar-refractivity contribution in [3.8, 4) is 0 Å². The normalized spacial score (nSPS) is 1.00. The molecule has 0 bridgehead atoms. The molecule has 0 saturated carbocycles. The van der Waals surface area contributed by atoms with E-state index in [2.05, 4.69) is 0 Å². The van der Waals surface area contributed by atoms with E-state index >= 15 is 0 Å². The second kappa shape index (κ2) is 446. The smallest absolute Gasteiger partial charge is 0.0683 e. The van der Waals surface area contributed by atoms with Crippen LogP contribution in [0.2, 0.25) is 0 Å². The van der Waals surface area contributed by atoms with Gasteiger partial charge in [-0.15, -0.1) is 24.8 Å². The van der Waals surface area contributed by atoms with Crippen LogP contribution < -0.4 is 0 Å². The molecule has 0 unspecified atom stereocenters. The molecule has 0 aliphatic carbocycles. The maximum atomic E-state index is 2.00. The van der Waals surface area contributed by atoms with Crippen LogP contribution in [-0.2, 0) is 0 Å². The van der Waals surface area contributed by atoms with Gasteiger partial charge in [0, 0.05) is 0 Å². The van der Waals surface area contributed by atoms with Gasteiger partial charge in [-0.25, -0.2) is 0 Å². The first-order valence-corrected chi connectivity index (χ1v) is 1.00. The lowest BCUT2D eigenvalue weighted by molar-refractivity contribution is 0.823. The van der Waals surface area contributed by atoms with Gasteiger partial charge < -0.3 is 11.0 Å². The molecule has 0 heterocycles. The number of hydrogen-bond acceptors (Lipinski definition) is 0. The average Bonchev–Trinajstić information content (AvgIpc) is 1.00. The van der Waals surface area contributed by atoms with Crippen molar-refractivity contribution < 1.29 is 11.0 Å². The van der Waals surface area contributed by atoms with Gasteiger partial charge in [0.1, 0.15) is 0 Å². The van der Waals surface area contributed by atoms with Gasteiger partial charge in [-0.3, -0.25) is 0 Å². The lowest BCUT2D eigenvalue weighted by Crippen LogP contribution is -0.856. The molecule has 46 valence electrons. The second-order valence-electron chi connectivity index (χ2n) is 0. The molecular weight excluding hydrogens is 127 g/mol. The van der Waals surface area contributed by atoms with Crippen LogP contribution in [-0.4, -0.2) is 11.0 Å². The average molecular weight is 139 g/mol. The summed E-state index contributed by atoms with van der Waals surface area (Å²) >= 11 is 0. The lowest BCUT2D eigenvalue weighted by atomic mass is 11.0. The monoisotopic (exact) mass is 138 g/mol. The summed E-state index contributed by atoms with van der Waals surface area (Å²) in [4.78, 5) is 0. The summed E-state index contributed by atoms with van der Waals surface area (Å²) in [7, 11) is 0. The third-order valence-corrected chi connectivity index (χ3v) is 0. The highest BCUT2D eigenvalue weighted by Crippen LogP contribution is 1.14. The van der Waals surface area contributed by atoms with E-state index in [9.17, 15) is 0 Å². The highest BCUT2D eigenvalue weighted by atomic mass is 35.5. The molecule has 4 N–H and O–H groups in total. The van der Waals surface area contributed by atoms with Crippen LogP contribution in [0.1, 0.15) is 13.8 Å². The van der Waals surface area contributed by atoms with Crippen LogP contribution in [0.5, 0.6) is 0 Å². The van der Waals surface area contributed by atoms with Gasteiger partial charge in [-0.05, 0) is 0 Å². The van der Waals surface area contributed by atoms with Crippen molar-refractivity contribution >= 4 is 24.8 Å². The molecule has 0 radical (unpaired) electrons. The zero-order chi connectivity index (χ0) is 2.00. The molecule has 0 spiro atoms. The summed E-state index contributed by atoms with van der Waals surface area (Å²) in [5, 5.41) is 0. The number of hydrogen-bond donors (Lipinski definition) is 0. The predicted octanol–water partition coefficient (Wildman–Crippen LogP) is 0.220. The Morgan fingerprint density at radius 2 is 0.667 bits per heavy atom. The Morgan fingerprint density at radius 1 is 0.667 bits per heavy atom. The minimum Gasteiger partial charge on any atom is -0.412 e. The van der Waals surface area contributed by atoms with Crippen molar-refractivity contribution in [2.45, 2.75) is 13.8 Å². The highest BCUT2D eigenvalue weighted by Gasteiger charge is 0.932. The van der Waals surface area contributed by atoms with E-state index in [-0.39, 0.29) is 35.8 Å². The number of halogens is 2. The topological polar surface area (TPSA) is 63.0 Å². The molecule has 0 atom stereocenters. The maximum Gasteiger partial charge on any atom is -0.0683 e. The molecule has 0 aromatic carbocycles. The summed E-state index contributed by atoms with van der Waals surface area (Å²) in [5.74, 6) is 0. The molecule has 4 heteroatoms. The first-order valence-electron chi connectivity index (χ1n) is 1.00. The Labute approximate surface area is 50.4 Å². The van der Waals surface area contributed by atoms with E-state index in [0.717, 1.165) is 0 Å². The second-order valence-corrected chi connectivity index (χ2v) is 0. The zero-order valence-electron chi connectivity index (χ0n) is 3.82. The Kier molecular flexibility index (Phi) is 6490. The van der Waals surface area contributed by atoms with Crippen LogP contribution in [0, 0.1) is 0 Å². The van der Waals surface area contributed by atoms with Gasteiger partial charge in [-0.2, -0.15) is 0 Å². The van der Waals surface area contributed by atoms with E-state index in [1.807, 2.05) is 13.8 Å². The molecule has 0 aliphatic rings. The summed E-state index contributed by atoms with van der Waals surface area (Å²) in [6.45, 7) is 4.00. The first-order chi connectivity index (χ1) is 1.00. The molecule has 0 saturated heterocycles. The van der Waals surface area contributed by atoms with Crippen LogP contribution in [0.25, 0.3) is 0 Å². The quantitative estimate of drug-likeness (QED) is 0.460. The Hall–Kier alpha value is 0.500. The molecular formula is C2H12Cl2O2. The SMILES string of the molecule is CC.Cl.Cl.O.O. The van der Waals surface area contributed by atoms with Crippen molar-refractivity contribution in [2.75, 3.05) is 0 Å². The zero-order valence-corrected chi connectivity index (χ0v) is 5.45. The van der Waals surface area contributed by atoms with Crippen molar-refractivity contribution in [1.82, 2.24) is 0 Å². The van der Waals surface area contributed by atoms with E-state index in [0.29, 0.717) is 0 Å². The minimum absolute atomic E-state index is 0. The first kappa shape index (κ1) is 87.4. The molecule has 6 heavy (non-hydrogen) atoms. The van der Waals surface area contributed by atoms with Gasteiger partial charge in [0.25, 0.3) is 0 Å².